The number of hydrogen-bond acceptors (Lipinski definition) is 6. The zero-order valence-electron chi connectivity index (χ0n) is 21.1. The Morgan fingerprint density at radius 1 is 1.10 bits per heavy atom. The van der Waals surface area contributed by atoms with Gasteiger partial charge >= 0.3 is 12.4 Å². The van der Waals surface area contributed by atoms with Crippen molar-refractivity contribution >= 4 is 10.0 Å². The lowest BCUT2D eigenvalue weighted by Gasteiger charge is -2.58. The van der Waals surface area contributed by atoms with E-state index in [4.69, 9.17) is 4.74 Å². The van der Waals surface area contributed by atoms with Gasteiger partial charge in [-0.2, -0.15) is 26.3 Å². The fourth-order valence-corrected chi connectivity index (χ4v) is 6.93. The molecule has 1 spiro atoms. The summed E-state index contributed by atoms with van der Waals surface area (Å²) in [5.41, 5.74) is -0.973. The Labute approximate surface area is 224 Å². The van der Waals surface area contributed by atoms with Gasteiger partial charge in [0.2, 0.25) is 15.8 Å². The smallest absolute Gasteiger partial charge is 0.411 e. The van der Waals surface area contributed by atoms with Crippen LogP contribution in [0.15, 0.2) is 29.2 Å². The number of sulfonamides is 1. The van der Waals surface area contributed by atoms with Crippen molar-refractivity contribution in [3.63, 3.8) is 0 Å². The lowest BCUT2D eigenvalue weighted by atomic mass is 9.59. The van der Waals surface area contributed by atoms with Crippen molar-refractivity contribution in [2.75, 3.05) is 26.0 Å². The molecule has 2 fully saturated rings. The Balaban J connectivity index is 1.36. The van der Waals surface area contributed by atoms with E-state index in [9.17, 15) is 43.9 Å². The minimum absolute atomic E-state index is 0.0603. The molecule has 0 amide bonds. The third-order valence-corrected chi connectivity index (χ3v) is 8.83. The van der Waals surface area contributed by atoms with Gasteiger partial charge in [-0.25, -0.2) is 22.1 Å². The van der Waals surface area contributed by atoms with E-state index < -0.39 is 64.5 Å². The van der Waals surface area contributed by atoms with Crippen molar-refractivity contribution in [1.82, 2.24) is 18.8 Å². The van der Waals surface area contributed by atoms with Gasteiger partial charge in [0.25, 0.3) is 5.56 Å². The van der Waals surface area contributed by atoms with Gasteiger partial charge in [-0.1, -0.05) is 6.07 Å². The van der Waals surface area contributed by atoms with E-state index in [1.54, 1.807) is 0 Å². The molecule has 40 heavy (non-hydrogen) atoms. The molecule has 0 radical (unpaired) electrons. The number of nitrogens with zero attached hydrogens (tertiary/aromatic N) is 4. The fourth-order valence-electron chi connectivity index (χ4n) is 5.91. The van der Waals surface area contributed by atoms with Gasteiger partial charge in [-0.05, 0) is 47.4 Å². The van der Waals surface area contributed by atoms with Gasteiger partial charge in [0, 0.05) is 26.2 Å². The Kier molecular flexibility index (Phi) is 6.97. The maximum absolute atomic E-state index is 14.3. The van der Waals surface area contributed by atoms with E-state index >= 15 is 0 Å². The zero-order valence-corrected chi connectivity index (χ0v) is 21.9. The van der Waals surface area contributed by atoms with E-state index in [2.05, 4.69) is 4.98 Å². The SMILES string of the molecule is CS(=O)(=O)N1CC2(CC(COc3cnc([C@@H](N4Cc5ccc(F)cc5C4)C(F)(F)F)n(CC(F)(F)F)c3=O)C2)C1. The number of halogens is 7. The predicted octanol–water partition coefficient (Wildman–Crippen LogP) is 3.61. The van der Waals surface area contributed by atoms with Crippen LogP contribution in [0.5, 0.6) is 5.75 Å². The second-order valence-electron chi connectivity index (χ2n) is 10.9. The molecule has 220 valence electrons. The summed E-state index contributed by atoms with van der Waals surface area (Å²) < 4.78 is 127. The molecular formula is C24H25F7N4O4S. The van der Waals surface area contributed by atoms with E-state index in [-0.39, 0.29) is 34.6 Å². The van der Waals surface area contributed by atoms with Crippen LogP contribution in [-0.4, -0.2) is 65.5 Å². The Morgan fingerprint density at radius 3 is 2.35 bits per heavy atom. The molecule has 3 aliphatic rings. The van der Waals surface area contributed by atoms with Gasteiger partial charge in [-0.3, -0.25) is 14.3 Å². The Morgan fingerprint density at radius 2 is 1.75 bits per heavy atom. The predicted molar refractivity (Wildman–Crippen MR) is 126 cm³/mol. The van der Waals surface area contributed by atoms with Crippen molar-refractivity contribution in [2.24, 2.45) is 11.3 Å². The molecule has 0 bridgehead atoms. The topological polar surface area (TPSA) is 84.7 Å². The van der Waals surface area contributed by atoms with Crippen LogP contribution in [0.2, 0.25) is 0 Å². The summed E-state index contributed by atoms with van der Waals surface area (Å²) in [6, 6.07) is 0.766. The number of alkyl halides is 6. The molecule has 1 aliphatic carbocycles. The van der Waals surface area contributed by atoms with Gasteiger partial charge in [0.15, 0.2) is 6.04 Å². The average Bonchev–Trinajstić information content (AvgIpc) is 3.14. The molecular weight excluding hydrogens is 573 g/mol. The summed E-state index contributed by atoms with van der Waals surface area (Å²) in [5, 5.41) is 0. The minimum Gasteiger partial charge on any atom is -0.486 e. The number of aromatic nitrogens is 2. The molecule has 2 aliphatic heterocycles. The third-order valence-electron chi connectivity index (χ3n) is 7.63. The van der Waals surface area contributed by atoms with Gasteiger partial charge in [0.1, 0.15) is 18.2 Å². The maximum atomic E-state index is 14.3. The van der Waals surface area contributed by atoms with Crippen LogP contribution in [0.4, 0.5) is 30.7 Å². The number of fused-ring (bicyclic) bond motifs is 1. The van der Waals surface area contributed by atoms with Crippen molar-refractivity contribution in [3.8, 4) is 5.75 Å². The maximum Gasteiger partial charge on any atom is 0.411 e. The molecule has 0 unspecified atom stereocenters. The van der Waals surface area contributed by atoms with E-state index in [1.807, 2.05) is 0 Å². The molecule has 5 rings (SSSR count). The van der Waals surface area contributed by atoms with Crippen molar-refractivity contribution < 1.29 is 43.9 Å². The standard InChI is InChI=1S/C24H25F7N4O4S/c1-40(37,38)34-11-22(12-34)5-14(6-22)10-39-18-7-32-20(35(21(18)36)13-23(26,27)28)19(24(29,30)31)33-8-15-2-3-17(25)4-16(15)9-33/h2-4,7,14,19H,5-6,8-13H2,1H3/t19-/m1/s1. The van der Waals surface area contributed by atoms with E-state index in [0.717, 1.165) is 23.3 Å². The average molecular weight is 599 g/mol. The van der Waals surface area contributed by atoms with Crippen molar-refractivity contribution in [1.29, 1.82) is 0 Å². The lowest BCUT2D eigenvalue weighted by Crippen LogP contribution is -2.63. The van der Waals surface area contributed by atoms with Gasteiger partial charge < -0.3 is 4.74 Å². The van der Waals surface area contributed by atoms with Crippen LogP contribution in [0, 0.1) is 17.2 Å². The molecule has 1 aromatic heterocycles. The molecule has 16 heteroatoms. The highest BCUT2D eigenvalue weighted by Crippen LogP contribution is 2.52. The van der Waals surface area contributed by atoms with Crippen LogP contribution >= 0.6 is 0 Å². The highest BCUT2D eigenvalue weighted by Gasteiger charge is 2.55. The normalized spacial score (nSPS) is 20.7. The molecule has 1 saturated heterocycles. The monoisotopic (exact) mass is 598 g/mol. The molecule has 0 N–H and O–H groups in total. The summed E-state index contributed by atoms with van der Waals surface area (Å²) in [6.07, 6.45) is -7.19. The first-order valence-corrected chi connectivity index (χ1v) is 14.1. The third kappa shape index (κ3) is 5.70. The summed E-state index contributed by atoms with van der Waals surface area (Å²) >= 11 is 0. The molecule has 1 saturated carbocycles. The fraction of sp³-hybridized carbons (Fsp3) is 0.583. The van der Waals surface area contributed by atoms with Gasteiger partial charge in [0.05, 0.1) is 19.1 Å². The molecule has 3 heterocycles. The van der Waals surface area contributed by atoms with Crippen LogP contribution in [0.25, 0.3) is 0 Å². The zero-order chi connectivity index (χ0) is 29.3. The Bertz CT molecular complexity index is 1460. The second kappa shape index (κ2) is 9.69. The summed E-state index contributed by atoms with van der Waals surface area (Å²) in [6.45, 7) is -2.14. The first-order valence-electron chi connectivity index (χ1n) is 12.3. The van der Waals surface area contributed by atoms with Crippen LogP contribution in [0.3, 0.4) is 0 Å². The molecule has 8 nitrogen and oxygen atoms in total. The number of benzene rings is 1. The largest absolute Gasteiger partial charge is 0.486 e. The van der Waals surface area contributed by atoms with Crippen LogP contribution < -0.4 is 10.3 Å². The number of rotatable bonds is 7. The minimum atomic E-state index is -5.11. The van der Waals surface area contributed by atoms with Crippen LogP contribution in [0.1, 0.15) is 35.8 Å². The number of ether oxygens (including phenoxy) is 1. The highest BCUT2D eigenvalue weighted by molar-refractivity contribution is 7.88. The number of hydrogen-bond donors (Lipinski definition) is 0. The molecule has 2 aromatic rings. The summed E-state index contributed by atoms with van der Waals surface area (Å²) in [7, 11) is -3.30. The first kappa shape index (κ1) is 28.8. The highest BCUT2D eigenvalue weighted by atomic mass is 32.2. The molecule has 1 aromatic carbocycles. The molecule has 1 atom stereocenters. The Hall–Kier alpha value is -2.72. The van der Waals surface area contributed by atoms with Gasteiger partial charge in [-0.15, -0.1) is 0 Å². The lowest BCUT2D eigenvalue weighted by molar-refractivity contribution is -0.193. The van der Waals surface area contributed by atoms with E-state index in [1.165, 1.54) is 10.4 Å². The second-order valence-corrected chi connectivity index (χ2v) is 12.8. The quantitative estimate of drug-likeness (QED) is 0.453. The van der Waals surface area contributed by atoms with Crippen molar-refractivity contribution in [3.05, 3.63) is 57.5 Å². The summed E-state index contributed by atoms with van der Waals surface area (Å²) in [5.74, 6) is -2.54. The van der Waals surface area contributed by atoms with Crippen molar-refractivity contribution in [2.45, 2.75) is 50.9 Å². The first-order chi connectivity index (χ1) is 18.4. The van der Waals surface area contributed by atoms with E-state index in [0.29, 0.717) is 37.7 Å². The van der Waals surface area contributed by atoms with Crippen LogP contribution in [-0.2, 0) is 29.7 Å². The summed E-state index contributed by atoms with van der Waals surface area (Å²) in [4.78, 5) is 17.5.